The van der Waals surface area contributed by atoms with Gasteiger partial charge in [0.15, 0.2) is 0 Å². The molecule has 0 saturated carbocycles. The molecule has 11 aromatic rings. The van der Waals surface area contributed by atoms with Gasteiger partial charge in [0.25, 0.3) is 13.4 Å². The predicted molar refractivity (Wildman–Crippen MR) is 356 cm³/mol. The zero-order valence-electron chi connectivity index (χ0n) is 49.7. The lowest BCUT2D eigenvalue weighted by Crippen LogP contribution is -2.64. The average molecular weight is 1090 g/mol. The first-order chi connectivity index (χ1) is 40.5. The van der Waals surface area contributed by atoms with Crippen LogP contribution in [-0.4, -0.2) is 13.4 Å². The van der Waals surface area contributed by atoms with E-state index in [9.17, 15) is 0 Å². The van der Waals surface area contributed by atoms with Gasteiger partial charge in [-0.25, -0.2) is 0 Å². The minimum absolute atomic E-state index is 0.124. The van der Waals surface area contributed by atoms with Crippen LogP contribution in [0.2, 0.25) is 0 Å². The molecule has 4 aliphatic rings. The van der Waals surface area contributed by atoms with E-state index in [4.69, 9.17) is 9.47 Å². The molecule has 0 aromatic heterocycles. The Morgan fingerprint density at radius 1 is 0.298 bits per heavy atom. The van der Waals surface area contributed by atoms with Gasteiger partial charge in [0.2, 0.25) is 0 Å². The second-order valence-electron chi connectivity index (χ2n) is 26.0. The first-order valence-corrected chi connectivity index (χ1v) is 29.8. The molecule has 0 aliphatic carbocycles. The van der Waals surface area contributed by atoms with E-state index < -0.39 is 0 Å². The summed E-state index contributed by atoms with van der Waals surface area (Å²) in [6, 6.07) is 82.2. The summed E-state index contributed by atoms with van der Waals surface area (Å²) >= 11 is 0. The molecule has 11 aromatic carbocycles. The topological polar surface area (TPSA) is 24.9 Å². The molecule has 15 rings (SSSR count). The van der Waals surface area contributed by atoms with Crippen LogP contribution in [0.5, 0.6) is 23.0 Å². The van der Waals surface area contributed by atoms with Crippen LogP contribution in [0.25, 0.3) is 44.5 Å². The SMILES string of the molecule is Cc1ccc(-c2ccc(N3c4ccc(-c5ccc(C)cc5)cc4B4c5cc(C(C)(C)C)ccc5Oc5c4c3c3c4c5N(c5ccc(-c6ccc(C)cc6)cc5)c5ccc(-c6ccc(C)cc6)cc5B4c4cc(C(C)(C)C)ccc4O3)cc2)cc1. The van der Waals surface area contributed by atoms with Crippen LogP contribution < -0.4 is 52.1 Å². The highest BCUT2D eigenvalue weighted by Gasteiger charge is 2.52. The minimum atomic E-state index is -0.242. The Kier molecular flexibility index (Phi) is 11.8. The Balaban J connectivity index is 1.08. The normalized spacial score (nSPS) is 13.5. The van der Waals surface area contributed by atoms with Crippen molar-refractivity contribution in [2.75, 3.05) is 9.80 Å². The molecule has 0 bridgehead atoms. The van der Waals surface area contributed by atoms with Crippen LogP contribution in [0.1, 0.15) is 74.9 Å². The summed E-state index contributed by atoms with van der Waals surface area (Å²) in [6.45, 7) is 22.0. The third kappa shape index (κ3) is 8.43. The van der Waals surface area contributed by atoms with Gasteiger partial charge in [-0.3, -0.25) is 0 Å². The highest BCUT2D eigenvalue weighted by Crippen LogP contribution is 2.55. The Hall–Kier alpha value is -9.25. The van der Waals surface area contributed by atoms with Gasteiger partial charge in [-0.05, 0) is 165 Å². The van der Waals surface area contributed by atoms with Crippen molar-refractivity contribution in [2.45, 2.75) is 80.1 Å². The lowest BCUT2D eigenvalue weighted by molar-refractivity contribution is 0.476. The van der Waals surface area contributed by atoms with E-state index in [1.54, 1.807) is 0 Å². The second kappa shape index (κ2) is 19.2. The summed E-state index contributed by atoms with van der Waals surface area (Å²) in [4.78, 5) is 5.01. The molecule has 84 heavy (non-hydrogen) atoms. The van der Waals surface area contributed by atoms with Gasteiger partial charge in [0.05, 0.1) is 11.4 Å². The molecule has 0 amide bonds. The van der Waals surface area contributed by atoms with Crippen LogP contribution in [0.3, 0.4) is 0 Å². The molecule has 6 heteroatoms. The summed E-state index contributed by atoms with van der Waals surface area (Å²) < 4.78 is 15.8. The standard InChI is InChI=1S/C78H66B2N2O2/c1-47-11-19-51(20-12-47)53-27-35-61(36-28-53)81-67-39-31-57(55-23-15-49(3)16-24-55)43-63(67)79-65-45-59(77(5,6)7)34-42-70(65)84-76-71(79)73(81)75-72-74(76)82(62-37-29-54(30-38-62)52-21-13-48(2)14-22-52)68-40-32-58(56-25-17-50(4)18-26-56)44-64(68)80(72)66-46-60(78(8,9)10)33-41-69(66)83-75/h11-46H,1-10H3. The van der Waals surface area contributed by atoms with Crippen molar-refractivity contribution >= 4 is 80.3 Å². The van der Waals surface area contributed by atoms with Gasteiger partial charge >= 0.3 is 0 Å². The van der Waals surface area contributed by atoms with Crippen molar-refractivity contribution < 1.29 is 9.47 Å². The number of hydrogen-bond acceptors (Lipinski definition) is 4. The molecule has 0 saturated heterocycles. The van der Waals surface area contributed by atoms with Gasteiger partial charge in [0, 0.05) is 33.7 Å². The van der Waals surface area contributed by atoms with Crippen molar-refractivity contribution in [1.29, 1.82) is 0 Å². The molecule has 0 N–H and O–H groups in total. The van der Waals surface area contributed by atoms with Gasteiger partial charge in [-0.2, -0.15) is 0 Å². The smallest absolute Gasteiger partial charge is 0.256 e. The van der Waals surface area contributed by atoms with Crippen LogP contribution in [0.15, 0.2) is 218 Å². The maximum atomic E-state index is 7.89. The molecule has 0 radical (unpaired) electrons. The number of benzene rings is 11. The number of rotatable bonds is 6. The molecule has 4 nitrogen and oxygen atoms in total. The Bertz CT molecular complexity index is 4170. The monoisotopic (exact) mass is 1080 g/mol. The fraction of sp³-hybridized carbons (Fsp3) is 0.154. The van der Waals surface area contributed by atoms with Crippen molar-refractivity contribution in [3.63, 3.8) is 0 Å². The van der Waals surface area contributed by atoms with E-state index in [1.165, 1.54) is 77.7 Å². The van der Waals surface area contributed by atoms with Gasteiger partial charge < -0.3 is 19.3 Å². The van der Waals surface area contributed by atoms with E-state index in [-0.39, 0.29) is 24.3 Å². The fourth-order valence-electron chi connectivity index (χ4n) is 13.5. The van der Waals surface area contributed by atoms with Crippen molar-refractivity contribution in [2.24, 2.45) is 0 Å². The highest BCUT2D eigenvalue weighted by atomic mass is 16.5. The van der Waals surface area contributed by atoms with Gasteiger partial charge in [-0.15, -0.1) is 0 Å². The molecule has 406 valence electrons. The van der Waals surface area contributed by atoms with E-state index in [2.05, 4.69) is 297 Å². The maximum Gasteiger partial charge on any atom is 0.256 e. The Morgan fingerprint density at radius 2 is 0.583 bits per heavy atom. The average Bonchev–Trinajstić information content (AvgIpc) is 0.708. The van der Waals surface area contributed by atoms with E-state index in [0.717, 1.165) is 90.1 Å². The number of anilines is 6. The van der Waals surface area contributed by atoms with Crippen molar-refractivity contribution in [3.05, 3.63) is 252 Å². The molecule has 0 spiro atoms. The molecule has 0 fully saturated rings. The summed E-state index contributed by atoms with van der Waals surface area (Å²) in [5.41, 5.74) is 29.8. The lowest BCUT2D eigenvalue weighted by Gasteiger charge is -2.47. The molecule has 4 heterocycles. The first-order valence-electron chi connectivity index (χ1n) is 29.8. The van der Waals surface area contributed by atoms with E-state index in [0.29, 0.717) is 0 Å². The van der Waals surface area contributed by atoms with Crippen LogP contribution >= 0.6 is 0 Å². The third-order valence-electron chi connectivity index (χ3n) is 18.2. The second-order valence-corrected chi connectivity index (χ2v) is 26.0. The quantitative estimate of drug-likeness (QED) is 0.155. The summed E-state index contributed by atoms with van der Waals surface area (Å²) in [6.07, 6.45) is 0. The Labute approximate surface area is 496 Å². The summed E-state index contributed by atoms with van der Waals surface area (Å²) in [5.74, 6) is 3.42. The Morgan fingerprint density at radius 3 is 0.893 bits per heavy atom. The molecular weight excluding hydrogens is 1020 g/mol. The number of fused-ring (bicyclic) bond motifs is 10. The minimum Gasteiger partial charge on any atom is -0.456 e. The van der Waals surface area contributed by atoms with Crippen molar-refractivity contribution in [3.8, 4) is 67.5 Å². The van der Waals surface area contributed by atoms with Crippen LogP contribution in [-0.2, 0) is 10.8 Å². The third-order valence-corrected chi connectivity index (χ3v) is 18.2. The number of nitrogens with zero attached hydrogens (tertiary/aromatic N) is 2. The molecule has 0 atom stereocenters. The zero-order valence-corrected chi connectivity index (χ0v) is 49.7. The van der Waals surface area contributed by atoms with Crippen molar-refractivity contribution in [1.82, 2.24) is 0 Å². The molecule has 0 unspecified atom stereocenters. The summed E-state index contributed by atoms with van der Waals surface area (Å²) in [5, 5.41) is 0. The maximum absolute atomic E-state index is 7.89. The summed E-state index contributed by atoms with van der Waals surface area (Å²) in [7, 11) is 0. The van der Waals surface area contributed by atoms with E-state index in [1.807, 2.05) is 0 Å². The number of aryl methyl sites for hydroxylation is 4. The highest BCUT2D eigenvalue weighted by molar-refractivity contribution is 7.02. The van der Waals surface area contributed by atoms with Gasteiger partial charge in [0.1, 0.15) is 23.0 Å². The first kappa shape index (κ1) is 51.6. The molecular formula is C78H66B2N2O2. The lowest BCUT2D eigenvalue weighted by atomic mass is 9.31. The zero-order chi connectivity index (χ0) is 57.5. The van der Waals surface area contributed by atoms with Crippen LogP contribution in [0.4, 0.5) is 34.1 Å². The van der Waals surface area contributed by atoms with Crippen LogP contribution in [0, 0.1) is 27.7 Å². The fourth-order valence-corrected chi connectivity index (χ4v) is 13.5. The number of ether oxygens (including phenoxy) is 2. The van der Waals surface area contributed by atoms with E-state index >= 15 is 0 Å². The predicted octanol–water partition coefficient (Wildman–Crippen LogP) is 17.0. The largest absolute Gasteiger partial charge is 0.456 e. The van der Waals surface area contributed by atoms with Gasteiger partial charge in [-0.1, -0.05) is 234 Å². The molecule has 4 aliphatic heterocycles. The number of hydrogen-bond donors (Lipinski definition) is 0.